The third-order valence-electron chi connectivity index (χ3n) is 2.16. The molecule has 1 N–H and O–H groups in total. The van der Waals surface area contributed by atoms with E-state index in [0.717, 1.165) is 23.6 Å². The van der Waals surface area contributed by atoms with Crippen LogP contribution in [0.2, 0.25) is 0 Å². The molecule has 4 heteroatoms. The predicted octanol–water partition coefficient (Wildman–Crippen LogP) is 1.91. The fourth-order valence-electron chi connectivity index (χ4n) is 1.32. The Labute approximate surface area is 93.0 Å². The topological polar surface area (TPSA) is 41.5 Å². The highest BCUT2D eigenvalue weighted by atomic mass is 32.2. The van der Waals surface area contributed by atoms with Gasteiger partial charge in [-0.2, -0.15) is 16.9 Å². The second-order valence-corrected chi connectivity index (χ2v) is 4.39. The molecule has 0 spiro atoms. The minimum atomic E-state index is -0.139. The van der Waals surface area contributed by atoms with E-state index < -0.39 is 0 Å². The number of hydrogen-bond acceptors (Lipinski definition) is 3. The second kappa shape index (κ2) is 4.98. The van der Waals surface area contributed by atoms with Crippen molar-refractivity contribution in [1.29, 1.82) is 0 Å². The fraction of sp³-hybridized carbons (Fsp3) is 0.273. The molecular formula is C11H12N2OS. The third kappa shape index (κ3) is 2.83. The van der Waals surface area contributed by atoms with Crippen LogP contribution < -0.4 is 5.43 Å². The van der Waals surface area contributed by atoms with Gasteiger partial charge in [-0.3, -0.25) is 4.79 Å². The molecule has 0 bridgehead atoms. The van der Waals surface area contributed by atoms with Crippen molar-refractivity contribution in [3.63, 3.8) is 0 Å². The van der Waals surface area contributed by atoms with E-state index in [4.69, 9.17) is 0 Å². The SMILES string of the molecule is O=C(N/N=C1\CCSC1)c1ccccc1. The van der Waals surface area contributed by atoms with Crippen LogP contribution >= 0.6 is 11.8 Å². The maximum Gasteiger partial charge on any atom is 0.271 e. The lowest BCUT2D eigenvalue weighted by atomic mass is 10.2. The molecule has 15 heavy (non-hydrogen) atoms. The van der Waals surface area contributed by atoms with Gasteiger partial charge in [0.1, 0.15) is 0 Å². The summed E-state index contributed by atoms with van der Waals surface area (Å²) in [6.07, 6.45) is 0.986. The molecule has 1 fully saturated rings. The number of nitrogens with zero attached hydrogens (tertiary/aromatic N) is 1. The van der Waals surface area contributed by atoms with Crippen LogP contribution in [0.25, 0.3) is 0 Å². The number of carbonyl (C=O) groups excluding carboxylic acids is 1. The van der Waals surface area contributed by atoms with E-state index in [9.17, 15) is 4.79 Å². The molecule has 3 nitrogen and oxygen atoms in total. The van der Waals surface area contributed by atoms with Crippen LogP contribution in [0.15, 0.2) is 35.4 Å². The largest absolute Gasteiger partial charge is 0.271 e. The van der Waals surface area contributed by atoms with Crippen LogP contribution in [-0.4, -0.2) is 23.1 Å². The minimum Gasteiger partial charge on any atom is -0.267 e. The van der Waals surface area contributed by atoms with Crippen molar-refractivity contribution in [3.8, 4) is 0 Å². The van der Waals surface area contributed by atoms with Gasteiger partial charge in [-0.1, -0.05) is 18.2 Å². The van der Waals surface area contributed by atoms with Crippen LogP contribution in [0, 0.1) is 0 Å². The van der Waals surface area contributed by atoms with E-state index in [0.29, 0.717) is 5.56 Å². The first-order valence-corrected chi connectivity index (χ1v) is 6.00. The lowest BCUT2D eigenvalue weighted by Gasteiger charge is -2.00. The van der Waals surface area contributed by atoms with Crippen LogP contribution in [-0.2, 0) is 0 Å². The molecule has 1 aliphatic heterocycles. The van der Waals surface area contributed by atoms with Crippen molar-refractivity contribution in [2.24, 2.45) is 5.10 Å². The van der Waals surface area contributed by atoms with Crippen molar-refractivity contribution in [2.45, 2.75) is 6.42 Å². The van der Waals surface area contributed by atoms with Crippen LogP contribution in [0.1, 0.15) is 16.8 Å². The molecule has 0 saturated carbocycles. The summed E-state index contributed by atoms with van der Waals surface area (Å²) in [6, 6.07) is 9.12. The number of benzene rings is 1. The van der Waals surface area contributed by atoms with Gasteiger partial charge in [0.05, 0.1) is 0 Å². The third-order valence-corrected chi connectivity index (χ3v) is 3.19. The Hall–Kier alpha value is -1.29. The molecule has 1 aromatic rings. The van der Waals surface area contributed by atoms with Gasteiger partial charge in [-0.05, 0) is 24.3 Å². The molecule has 1 aromatic carbocycles. The first-order valence-electron chi connectivity index (χ1n) is 4.85. The van der Waals surface area contributed by atoms with Crippen molar-refractivity contribution in [1.82, 2.24) is 5.43 Å². The minimum absolute atomic E-state index is 0.139. The Morgan fingerprint density at radius 2 is 2.13 bits per heavy atom. The highest BCUT2D eigenvalue weighted by Gasteiger charge is 2.09. The van der Waals surface area contributed by atoms with E-state index in [-0.39, 0.29) is 5.91 Å². The highest BCUT2D eigenvalue weighted by molar-refractivity contribution is 8.00. The summed E-state index contributed by atoms with van der Waals surface area (Å²) >= 11 is 1.85. The zero-order chi connectivity index (χ0) is 10.5. The monoisotopic (exact) mass is 220 g/mol. The Kier molecular flexibility index (Phi) is 3.40. The maximum absolute atomic E-state index is 11.6. The molecule has 0 atom stereocenters. The summed E-state index contributed by atoms with van der Waals surface area (Å²) in [6.45, 7) is 0. The van der Waals surface area contributed by atoms with Gasteiger partial charge in [0.2, 0.25) is 0 Å². The zero-order valence-electron chi connectivity index (χ0n) is 8.27. The van der Waals surface area contributed by atoms with Gasteiger partial charge < -0.3 is 0 Å². The molecule has 0 unspecified atom stereocenters. The molecule has 78 valence electrons. The number of hydrogen-bond donors (Lipinski definition) is 1. The average Bonchev–Trinajstić information content (AvgIpc) is 2.80. The lowest BCUT2D eigenvalue weighted by molar-refractivity contribution is 0.0955. The Morgan fingerprint density at radius 3 is 2.80 bits per heavy atom. The maximum atomic E-state index is 11.6. The van der Waals surface area contributed by atoms with Gasteiger partial charge in [-0.15, -0.1) is 0 Å². The fourth-order valence-corrected chi connectivity index (χ4v) is 2.29. The van der Waals surface area contributed by atoms with E-state index in [1.165, 1.54) is 0 Å². The summed E-state index contributed by atoms with van der Waals surface area (Å²) in [4.78, 5) is 11.6. The summed E-state index contributed by atoms with van der Waals surface area (Å²) in [5.41, 5.74) is 4.30. The average molecular weight is 220 g/mol. The molecule has 0 aliphatic carbocycles. The first-order chi connectivity index (χ1) is 7.36. The first kappa shape index (κ1) is 10.2. The van der Waals surface area contributed by atoms with Gasteiger partial charge in [-0.25, -0.2) is 5.43 Å². The summed E-state index contributed by atoms with van der Waals surface area (Å²) in [7, 11) is 0. The summed E-state index contributed by atoms with van der Waals surface area (Å²) in [5.74, 6) is 1.91. The van der Waals surface area contributed by atoms with Crippen LogP contribution in [0.4, 0.5) is 0 Å². The normalized spacial score (nSPS) is 18.0. The van der Waals surface area contributed by atoms with E-state index >= 15 is 0 Å². The van der Waals surface area contributed by atoms with Crippen molar-refractivity contribution >= 4 is 23.4 Å². The van der Waals surface area contributed by atoms with Gasteiger partial charge >= 0.3 is 0 Å². The Morgan fingerprint density at radius 1 is 1.33 bits per heavy atom. The predicted molar refractivity (Wildman–Crippen MR) is 63.3 cm³/mol. The number of hydrazone groups is 1. The van der Waals surface area contributed by atoms with Gasteiger partial charge in [0, 0.05) is 17.0 Å². The van der Waals surface area contributed by atoms with E-state index in [2.05, 4.69) is 10.5 Å². The van der Waals surface area contributed by atoms with E-state index in [1.54, 1.807) is 12.1 Å². The van der Waals surface area contributed by atoms with Crippen LogP contribution in [0.5, 0.6) is 0 Å². The zero-order valence-corrected chi connectivity index (χ0v) is 9.09. The molecule has 1 heterocycles. The van der Waals surface area contributed by atoms with Crippen molar-refractivity contribution in [2.75, 3.05) is 11.5 Å². The Bertz CT molecular complexity index is 367. The molecule has 1 saturated heterocycles. The van der Waals surface area contributed by atoms with Crippen molar-refractivity contribution < 1.29 is 4.79 Å². The number of carbonyl (C=O) groups is 1. The molecule has 1 aliphatic rings. The lowest BCUT2D eigenvalue weighted by Crippen LogP contribution is -2.19. The number of rotatable bonds is 2. The smallest absolute Gasteiger partial charge is 0.267 e. The molecule has 0 aromatic heterocycles. The van der Waals surface area contributed by atoms with E-state index in [1.807, 2.05) is 30.0 Å². The molecule has 1 amide bonds. The Balaban J connectivity index is 1.95. The second-order valence-electron chi connectivity index (χ2n) is 3.29. The number of thioether (sulfide) groups is 1. The van der Waals surface area contributed by atoms with Gasteiger partial charge in [0.25, 0.3) is 5.91 Å². The summed E-state index contributed by atoms with van der Waals surface area (Å²) < 4.78 is 0. The quantitative estimate of drug-likeness (QED) is 0.773. The number of nitrogens with one attached hydrogen (secondary N) is 1. The van der Waals surface area contributed by atoms with Crippen molar-refractivity contribution in [3.05, 3.63) is 35.9 Å². The highest BCUT2D eigenvalue weighted by Crippen LogP contribution is 2.13. The van der Waals surface area contributed by atoms with Gasteiger partial charge in [0.15, 0.2) is 0 Å². The number of amides is 1. The standard InChI is InChI=1S/C11H12N2OS/c14-11(9-4-2-1-3-5-9)13-12-10-6-7-15-8-10/h1-5H,6-8H2,(H,13,14)/b12-10+. The molecule has 0 radical (unpaired) electrons. The molecular weight excluding hydrogens is 208 g/mol. The molecule has 2 rings (SSSR count). The summed E-state index contributed by atoms with van der Waals surface area (Å²) in [5, 5.41) is 4.10. The van der Waals surface area contributed by atoms with Crippen LogP contribution in [0.3, 0.4) is 0 Å².